The summed E-state index contributed by atoms with van der Waals surface area (Å²) in [5.74, 6) is -0.584. The summed E-state index contributed by atoms with van der Waals surface area (Å²) in [4.78, 5) is 24.5. The maximum Gasteiger partial charge on any atom is 0.228 e. The number of hydrogen-bond acceptors (Lipinski definition) is 2. The maximum atomic E-state index is 12.3. The summed E-state index contributed by atoms with van der Waals surface area (Å²) < 4.78 is 0. The molecular weight excluding hydrogens is 348 g/mol. The summed E-state index contributed by atoms with van der Waals surface area (Å²) in [6.07, 6.45) is 1.33. The first-order valence-corrected chi connectivity index (χ1v) is 9.22. The molecule has 2 amide bonds. The van der Waals surface area contributed by atoms with Crippen molar-refractivity contribution in [2.45, 2.75) is 26.7 Å². The van der Waals surface area contributed by atoms with Crippen LogP contribution in [0.4, 0.5) is 5.69 Å². The van der Waals surface area contributed by atoms with Crippen LogP contribution in [0.15, 0.2) is 42.5 Å². The molecule has 1 fully saturated rings. The highest BCUT2D eigenvalue weighted by Gasteiger charge is 2.47. The number of hydrogen-bond donors (Lipinski definition) is 2. The molecule has 0 aromatic heterocycles. The first-order chi connectivity index (χ1) is 12.4. The number of benzene rings is 2. The van der Waals surface area contributed by atoms with Crippen LogP contribution in [0.5, 0.6) is 0 Å². The Labute approximate surface area is 158 Å². The lowest BCUT2D eigenvalue weighted by molar-refractivity contribution is -0.125. The highest BCUT2D eigenvalue weighted by atomic mass is 35.5. The summed E-state index contributed by atoms with van der Waals surface area (Å²) in [6.45, 7) is 4.59. The number of carbonyl (C=O) groups is 2. The van der Waals surface area contributed by atoms with Crippen LogP contribution in [0.25, 0.3) is 0 Å². The molecule has 0 saturated heterocycles. The Balaban J connectivity index is 1.44. The fourth-order valence-corrected chi connectivity index (χ4v) is 3.20. The van der Waals surface area contributed by atoms with Gasteiger partial charge in [-0.3, -0.25) is 9.59 Å². The van der Waals surface area contributed by atoms with E-state index in [0.29, 0.717) is 18.0 Å². The largest absolute Gasteiger partial charge is 0.356 e. The van der Waals surface area contributed by atoms with Crippen molar-refractivity contribution in [1.29, 1.82) is 0 Å². The second-order valence-corrected chi connectivity index (χ2v) is 7.34. The predicted octanol–water partition coefficient (Wildman–Crippen LogP) is 3.89. The van der Waals surface area contributed by atoms with E-state index in [4.69, 9.17) is 11.6 Å². The molecule has 0 aliphatic heterocycles. The summed E-state index contributed by atoms with van der Waals surface area (Å²) in [6, 6.07) is 13.4. The van der Waals surface area contributed by atoms with Crippen LogP contribution in [0, 0.1) is 25.7 Å². The van der Waals surface area contributed by atoms with Crippen LogP contribution < -0.4 is 10.6 Å². The molecule has 3 rings (SSSR count). The molecule has 136 valence electrons. The van der Waals surface area contributed by atoms with E-state index in [0.717, 1.165) is 23.2 Å². The minimum absolute atomic E-state index is 0.0488. The molecule has 2 unspecified atom stereocenters. The van der Waals surface area contributed by atoms with Crippen molar-refractivity contribution >= 4 is 29.1 Å². The van der Waals surface area contributed by atoms with Crippen molar-refractivity contribution < 1.29 is 9.59 Å². The van der Waals surface area contributed by atoms with Crippen molar-refractivity contribution in [1.82, 2.24) is 5.32 Å². The SMILES string of the molecule is Cc1ccc(NC(=O)C2CC2C(=O)NCCc2cccc(Cl)c2)cc1C. The van der Waals surface area contributed by atoms with Crippen molar-refractivity contribution in [3.8, 4) is 0 Å². The van der Waals surface area contributed by atoms with E-state index < -0.39 is 0 Å². The fourth-order valence-electron chi connectivity index (χ4n) is 2.98. The molecule has 2 aromatic carbocycles. The van der Waals surface area contributed by atoms with Crippen molar-refractivity contribution in [3.05, 3.63) is 64.2 Å². The van der Waals surface area contributed by atoms with Gasteiger partial charge in [0.05, 0.1) is 11.8 Å². The van der Waals surface area contributed by atoms with Gasteiger partial charge in [0, 0.05) is 17.3 Å². The topological polar surface area (TPSA) is 58.2 Å². The van der Waals surface area contributed by atoms with Gasteiger partial charge in [-0.25, -0.2) is 0 Å². The van der Waals surface area contributed by atoms with E-state index in [1.807, 2.05) is 56.3 Å². The summed E-state index contributed by atoms with van der Waals surface area (Å²) in [5, 5.41) is 6.52. The molecule has 1 aliphatic rings. The maximum absolute atomic E-state index is 12.3. The van der Waals surface area contributed by atoms with Crippen LogP contribution in [0.1, 0.15) is 23.1 Å². The number of halogens is 1. The van der Waals surface area contributed by atoms with E-state index in [1.54, 1.807) is 0 Å². The molecule has 0 bridgehead atoms. The Morgan fingerprint density at radius 3 is 2.54 bits per heavy atom. The molecule has 2 aromatic rings. The van der Waals surface area contributed by atoms with E-state index in [2.05, 4.69) is 10.6 Å². The average molecular weight is 371 g/mol. The van der Waals surface area contributed by atoms with Gasteiger partial charge >= 0.3 is 0 Å². The molecule has 0 spiro atoms. The second kappa shape index (κ2) is 7.92. The van der Waals surface area contributed by atoms with Gasteiger partial charge in [-0.2, -0.15) is 0 Å². The van der Waals surface area contributed by atoms with Crippen LogP contribution in [0.2, 0.25) is 5.02 Å². The van der Waals surface area contributed by atoms with E-state index >= 15 is 0 Å². The van der Waals surface area contributed by atoms with Gasteiger partial charge in [-0.05, 0) is 67.6 Å². The molecule has 2 atom stereocenters. The van der Waals surface area contributed by atoms with Gasteiger partial charge in [0.15, 0.2) is 0 Å². The minimum atomic E-state index is -0.234. The Morgan fingerprint density at radius 2 is 1.81 bits per heavy atom. The average Bonchev–Trinajstić information content (AvgIpc) is 3.39. The van der Waals surface area contributed by atoms with Gasteiger partial charge in [-0.1, -0.05) is 29.8 Å². The zero-order valence-electron chi connectivity index (χ0n) is 15.0. The minimum Gasteiger partial charge on any atom is -0.356 e. The number of nitrogens with one attached hydrogen (secondary N) is 2. The van der Waals surface area contributed by atoms with Crippen molar-refractivity contribution in [2.24, 2.45) is 11.8 Å². The lowest BCUT2D eigenvalue weighted by Gasteiger charge is -2.08. The van der Waals surface area contributed by atoms with E-state index in [1.165, 1.54) is 5.56 Å². The normalized spacial score (nSPS) is 18.3. The lowest BCUT2D eigenvalue weighted by atomic mass is 10.1. The zero-order chi connectivity index (χ0) is 18.7. The van der Waals surface area contributed by atoms with E-state index in [9.17, 15) is 9.59 Å². The molecule has 2 N–H and O–H groups in total. The molecule has 4 nitrogen and oxygen atoms in total. The Kier molecular flexibility index (Phi) is 5.62. The molecular formula is C21H23ClN2O2. The first-order valence-electron chi connectivity index (χ1n) is 8.84. The number of carbonyl (C=O) groups excluding carboxylic acids is 2. The third-order valence-electron chi connectivity index (χ3n) is 4.84. The summed E-state index contributed by atoms with van der Waals surface area (Å²) in [7, 11) is 0. The third kappa shape index (κ3) is 4.64. The van der Waals surface area contributed by atoms with Crippen LogP contribution in [0.3, 0.4) is 0 Å². The molecule has 1 aliphatic carbocycles. The smallest absolute Gasteiger partial charge is 0.228 e. The van der Waals surface area contributed by atoms with Gasteiger partial charge < -0.3 is 10.6 Å². The highest BCUT2D eigenvalue weighted by Crippen LogP contribution is 2.39. The van der Waals surface area contributed by atoms with Crippen LogP contribution in [-0.4, -0.2) is 18.4 Å². The van der Waals surface area contributed by atoms with Crippen LogP contribution >= 0.6 is 11.6 Å². The number of rotatable bonds is 6. The van der Waals surface area contributed by atoms with Crippen LogP contribution in [-0.2, 0) is 16.0 Å². The first kappa shape index (κ1) is 18.5. The zero-order valence-corrected chi connectivity index (χ0v) is 15.8. The van der Waals surface area contributed by atoms with Crippen molar-refractivity contribution in [3.63, 3.8) is 0 Å². The summed E-state index contributed by atoms with van der Waals surface area (Å²) >= 11 is 5.95. The molecule has 26 heavy (non-hydrogen) atoms. The Morgan fingerprint density at radius 1 is 1.04 bits per heavy atom. The number of amides is 2. The van der Waals surface area contributed by atoms with Gasteiger partial charge in [0.1, 0.15) is 0 Å². The fraction of sp³-hybridized carbons (Fsp3) is 0.333. The van der Waals surface area contributed by atoms with Gasteiger partial charge in [0.2, 0.25) is 11.8 Å². The summed E-state index contributed by atoms with van der Waals surface area (Å²) in [5.41, 5.74) is 4.18. The van der Waals surface area contributed by atoms with Gasteiger partial charge in [0.25, 0.3) is 0 Å². The highest BCUT2D eigenvalue weighted by molar-refractivity contribution is 6.30. The van der Waals surface area contributed by atoms with E-state index in [-0.39, 0.29) is 23.7 Å². The number of anilines is 1. The van der Waals surface area contributed by atoms with Gasteiger partial charge in [-0.15, -0.1) is 0 Å². The second-order valence-electron chi connectivity index (χ2n) is 6.91. The third-order valence-corrected chi connectivity index (χ3v) is 5.08. The Bertz CT molecular complexity index is 835. The van der Waals surface area contributed by atoms with Crippen molar-refractivity contribution in [2.75, 3.05) is 11.9 Å². The quantitative estimate of drug-likeness (QED) is 0.810. The Hall–Kier alpha value is -2.33. The lowest BCUT2D eigenvalue weighted by Crippen LogP contribution is -2.29. The number of aryl methyl sites for hydroxylation is 2. The predicted molar refractivity (Wildman–Crippen MR) is 104 cm³/mol. The molecule has 1 saturated carbocycles. The monoisotopic (exact) mass is 370 g/mol. The standard InChI is InChI=1S/C21H23ClN2O2/c1-13-6-7-17(10-14(13)2)24-21(26)19-12-18(19)20(25)23-9-8-15-4-3-5-16(22)11-15/h3-7,10-11,18-19H,8-9,12H2,1-2H3,(H,23,25)(H,24,26). The molecule has 5 heteroatoms. The molecule has 0 radical (unpaired) electrons. The molecule has 0 heterocycles.